The molecule has 9 heteroatoms. The number of methoxy groups -OCH3 is 1. The predicted octanol–water partition coefficient (Wildman–Crippen LogP) is 2.09. The summed E-state index contributed by atoms with van der Waals surface area (Å²) in [5, 5.41) is 19.3. The number of carbonyl (C=O) groups excluding carboxylic acids is 1. The Kier molecular flexibility index (Phi) is 8.55. The summed E-state index contributed by atoms with van der Waals surface area (Å²) in [6, 6.07) is 9.14. The lowest BCUT2D eigenvalue weighted by Crippen LogP contribution is -2.49. The van der Waals surface area contributed by atoms with Crippen molar-refractivity contribution in [2.75, 3.05) is 33.4 Å². The number of benzene rings is 1. The smallest absolute Gasteiger partial charge is 0.247 e. The number of carbonyl (C=O) groups is 1. The van der Waals surface area contributed by atoms with Gasteiger partial charge in [0.2, 0.25) is 11.7 Å². The van der Waals surface area contributed by atoms with E-state index >= 15 is 0 Å². The molecule has 1 atom stereocenters. The standard InChI is InChI=1S/C20H30N6O2.ClH/c1-15(2)17(26-24-18(23-25-26)16-7-5-4-6-8-16)19(27)22-13-20(14-28-3)9-11-21-12-10-20;/h4-8,15,17,21H,9-14H2,1-3H3,(H,22,27);1H. The highest BCUT2D eigenvalue weighted by Crippen LogP contribution is 2.28. The summed E-state index contributed by atoms with van der Waals surface area (Å²) in [7, 11) is 1.72. The van der Waals surface area contributed by atoms with Gasteiger partial charge in [-0.1, -0.05) is 44.2 Å². The molecule has 1 aliphatic heterocycles. The molecule has 8 nitrogen and oxygen atoms in total. The minimum atomic E-state index is -0.508. The Bertz CT molecular complexity index is 756. The number of ether oxygens (including phenoxy) is 1. The van der Waals surface area contributed by atoms with Crippen molar-refractivity contribution < 1.29 is 9.53 Å². The van der Waals surface area contributed by atoms with Crippen LogP contribution in [0.15, 0.2) is 30.3 Å². The highest BCUT2D eigenvalue weighted by molar-refractivity contribution is 5.85. The Morgan fingerprint density at radius 1 is 1.28 bits per heavy atom. The number of halogens is 1. The number of tetrazole rings is 1. The van der Waals surface area contributed by atoms with Crippen LogP contribution >= 0.6 is 12.4 Å². The molecule has 2 N–H and O–H groups in total. The first-order chi connectivity index (χ1) is 13.5. The van der Waals surface area contributed by atoms with E-state index in [1.165, 1.54) is 4.80 Å². The number of hydrogen-bond donors (Lipinski definition) is 2. The third-order valence-electron chi connectivity index (χ3n) is 5.36. The maximum Gasteiger partial charge on any atom is 0.247 e. The van der Waals surface area contributed by atoms with Crippen LogP contribution in [0, 0.1) is 11.3 Å². The van der Waals surface area contributed by atoms with Gasteiger partial charge in [0.05, 0.1) is 6.61 Å². The third-order valence-corrected chi connectivity index (χ3v) is 5.36. The SMILES string of the molecule is COCC1(CNC(=O)C(C(C)C)n2nnc(-c3ccccc3)n2)CCNCC1.Cl. The lowest BCUT2D eigenvalue weighted by Gasteiger charge is -2.37. The summed E-state index contributed by atoms with van der Waals surface area (Å²) in [6.45, 7) is 7.10. The minimum Gasteiger partial charge on any atom is -0.384 e. The highest BCUT2D eigenvalue weighted by atomic mass is 35.5. The molecule has 2 heterocycles. The van der Waals surface area contributed by atoms with Crippen LogP contribution in [0.3, 0.4) is 0 Å². The largest absolute Gasteiger partial charge is 0.384 e. The number of piperidine rings is 1. The number of nitrogens with one attached hydrogen (secondary N) is 2. The average molecular weight is 423 g/mol. The van der Waals surface area contributed by atoms with E-state index in [9.17, 15) is 4.79 Å². The van der Waals surface area contributed by atoms with Crippen molar-refractivity contribution in [2.24, 2.45) is 11.3 Å². The fourth-order valence-electron chi connectivity index (χ4n) is 3.73. The van der Waals surface area contributed by atoms with Crippen molar-refractivity contribution >= 4 is 18.3 Å². The maximum atomic E-state index is 13.0. The highest BCUT2D eigenvalue weighted by Gasteiger charge is 2.34. The Labute approximate surface area is 178 Å². The van der Waals surface area contributed by atoms with Crippen LogP contribution in [-0.4, -0.2) is 59.5 Å². The molecule has 1 fully saturated rings. The fraction of sp³-hybridized carbons (Fsp3) is 0.600. The number of rotatable bonds is 8. The number of hydrogen-bond acceptors (Lipinski definition) is 6. The van der Waals surface area contributed by atoms with Crippen LogP contribution < -0.4 is 10.6 Å². The van der Waals surface area contributed by atoms with Crippen molar-refractivity contribution in [1.82, 2.24) is 30.8 Å². The summed E-state index contributed by atoms with van der Waals surface area (Å²) in [5.74, 6) is 0.471. The van der Waals surface area contributed by atoms with Crippen LogP contribution in [0.25, 0.3) is 11.4 Å². The Morgan fingerprint density at radius 2 is 1.97 bits per heavy atom. The molecule has 1 saturated heterocycles. The van der Waals surface area contributed by atoms with Crippen molar-refractivity contribution in [3.05, 3.63) is 30.3 Å². The summed E-state index contributed by atoms with van der Waals surface area (Å²) in [4.78, 5) is 14.5. The maximum absolute atomic E-state index is 13.0. The molecule has 0 saturated carbocycles. The molecular weight excluding hydrogens is 392 g/mol. The molecule has 1 aromatic carbocycles. The van der Waals surface area contributed by atoms with Crippen molar-refractivity contribution in [3.8, 4) is 11.4 Å². The second kappa shape index (κ2) is 10.7. The lowest BCUT2D eigenvalue weighted by atomic mass is 9.79. The fourth-order valence-corrected chi connectivity index (χ4v) is 3.73. The lowest BCUT2D eigenvalue weighted by molar-refractivity contribution is -0.127. The summed E-state index contributed by atoms with van der Waals surface area (Å²) >= 11 is 0. The summed E-state index contributed by atoms with van der Waals surface area (Å²) in [5.41, 5.74) is 0.854. The molecule has 29 heavy (non-hydrogen) atoms. The van der Waals surface area contributed by atoms with E-state index in [-0.39, 0.29) is 29.6 Å². The quantitative estimate of drug-likeness (QED) is 0.676. The Hall–Kier alpha value is -2.03. The molecule has 1 aromatic heterocycles. The van der Waals surface area contributed by atoms with Crippen LogP contribution in [0.2, 0.25) is 0 Å². The Morgan fingerprint density at radius 3 is 2.59 bits per heavy atom. The average Bonchev–Trinajstić information content (AvgIpc) is 3.17. The number of aromatic nitrogens is 4. The van der Waals surface area contributed by atoms with Crippen LogP contribution in [0.5, 0.6) is 0 Å². The first-order valence-corrected chi connectivity index (χ1v) is 9.87. The summed E-state index contributed by atoms with van der Waals surface area (Å²) in [6.07, 6.45) is 1.96. The van der Waals surface area contributed by atoms with Gasteiger partial charge in [0.25, 0.3) is 0 Å². The monoisotopic (exact) mass is 422 g/mol. The zero-order valence-electron chi connectivity index (χ0n) is 17.3. The molecule has 1 amide bonds. The van der Waals surface area contributed by atoms with Gasteiger partial charge in [-0.15, -0.1) is 22.6 Å². The molecule has 0 spiro atoms. The van der Waals surface area contributed by atoms with Gasteiger partial charge in [0.15, 0.2) is 6.04 Å². The molecule has 1 aliphatic rings. The minimum absolute atomic E-state index is 0. The van der Waals surface area contributed by atoms with E-state index in [0.717, 1.165) is 31.5 Å². The molecule has 2 aromatic rings. The molecule has 0 aliphatic carbocycles. The van der Waals surface area contributed by atoms with Gasteiger partial charge in [-0.2, -0.15) is 4.80 Å². The first-order valence-electron chi connectivity index (χ1n) is 9.87. The normalized spacial score (nSPS) is 16.8. The van der Waals surface area contributed by atoms with E-state index < -0.39 is 6.04 Å². The van der Waals surface area contributed by atoms with Gasteiger partial charge in [-0.25, -0.2) is 0 Å². The number of nitrogens with zero attached hydrogens (tertiary/aromatic N) is 4. The number of amides is 1. The summed E-state index contributed by atoms with van der Waals surface area (Å²) < 4.78 is 5.44. The van der Waals surface area contributed by atoms with E-state index in [1.807, 2.05) is 44.2 Å². The van der Waals surface area contributed by atoms with E-state index in [0.29, 0.717) is 19.0 Å². The predicted molar refractivity (Wildman–Crippen MR) is 114 cm³/mol. The van der Waals surface area contributed by atoms with E-state index in [4.69, 9.17) is 4.74 Å². The first kappa shape index (κ1) is 23.3. The van der Waals surface area contributed by atoms with E-state index in [1.54, 1.807) is 7.11 Å². The van der Waals surface area contributed by atoms with Crippen LogP contribution in [0.1, 0.15) is 32.7 Å². The van der Waals surface area contributed by atoms with Gasteiger partial charge in [-0.3, -0.25) is 4.79 Å². The molecule has 160 valence electrons. The topological polar surface area (TPSA) is 94.0 Å². The van der Waals surface area contributed by atoms with Gasteiger partial charge in [0.1, 0.15) is 0 Å². The van der Waals surface area contributed by atoms with Crippen molar-refractivity contribution in [2.45, 2.75) is 32.7 Å². The Balaban J connectivity index is 0.00000300. The molecule has 0 bridgehead atoms. The molecule has 1 unspecified atom stereocenters. The van der Waals surface area contributed by atoms with Crippen LogP contribution in [0.4, 0.5) is 0 Å². The van der Waals surface area contributed by atoms with Gasteiger partial charge >= 0.3 is 0 Å². The van der Waals surface area contributed by atoms with Crippen molar-refractivity contribution in [1.29, 1.82) is 0 Å². The second-order valence-electron chi connectivity index (χ2n) is 7.89. The van der Waals surface area contributed by atoms with Crippen LogP contribution in [-0.2, 0) is 9.53 Å². The van der Waals surface area contributed by atoms with Gasteiger partial charge in [-0.05, 0) is 37.1 Å². The third kappa shape index (κ3) is 5.74. The molecule has 0 radical (unpaired) electrons. The van der Waals surface area contributed by atoms with Gasteiger partial charge in [0, 0.05) is 24.6 Å². The zero-order chi connectivity index (χ0) is 20.0. The zero-order valence-corrected chi connectivity index (χ0v) is 18.1. The van der Waals surface area contributed by atoms with E-state index in [2.05, 4.69) is 26.0 Å². The molecular formula is C20H31ClN6O2. The van der Waals surface area contributed by atoms with Crippen molar-refractivity contribution in [3.63, 3.8) is 0 Å². The van der Waals surface area contributed by atoms with Gasteiger partial charge < -0.3 is 15.4 Å². The second-order valence-corrected chi connectivity index (χ2v) is 7.89. The molecule has 3 rings (SSSR count).